The van der Waals surface area contributed by atoms with Gasteiger partial charge in [-0.15, -0.1) is 0 Å². The molecule has 3 nitrogen and oxygen atoms in total. The number of nitrogen functional groups attached to an aromatic ring is 1. The van der Waals surface area contributed by atoms with Crippen molar-refractivity contribution >= 4 is 11.4 Å². The van der Waals surface area contributed by atoms with E-state index in [0.29, 0.717) is 0 Å². The van der Waals surface area contributed by atoms with Gasteiger partial charge in [-0.25, -0.2) is 8.78 Å². The molecule has 1 aromatic carbocycles. The Morgan fingerprint density at radius 3 is 2.58 bits per heavy atom. The van der Waals surface area contributed by atoms with Gasteiger partial charge < -0.3 is 11.1 Å². The van der Waals surface area contributed by atoms with Crippen molar-refractivity contribution in [3.05, 3.63) is 53.4 Å². The fourth-order valence-corrected chi connectivity index (χ4v) is 1.89. The van der Waals surface area contributed by atoms with Crippen LogP contribution in [0, 0.1) is 11.6 Å². The van der Waals surface area contributed by atoms with Crippen LogP contribution < -0.4 is 11.1 Å². The van der Waals surface area contributed by atoms with Crippen molar-refractivity contribution in [2.75, 3.05) is 11.1 Å². The van der Waals surface area contributed by atoms with Gasteiger partial charge in [0.1, 0.15) is 5.69 Å². The van der Waals surface area contributed by atoms with Crippen LogP contribution in [0.1, 0.15) is 18.2 Å². The minimum absolute atomic E-state index is 0.0626. The first kappa shape index (κ1) is 13.3. The topological polar surface area (TPSA) is 50.9 Å². The summed E-state index contributed by atoms with van der Waals surface area (Å²) in [5.74, 6) is -1.40. The molecule has 0 aliphatic heterocycles. The summed E-state index contributed by atoms with van der Waals surface area (Å²) in [6, 6.07) is 5.96. The number of nitrogens with one attached hydrogen (secondary N) is 1. The van der Waals surface area contributed by atoms with Gasteiger partial charge in [-0.1, -0.05) is 13.0 Å². The largest absolute Gasteiger partial charge is 0.399 e. The van der Waals surface area contributed by atoms with E-state index >= 15 is 0 Å². The fraction of sp³-hybridized carbons (Fsp3) is 0.214. The zero-order chi connectivity index (χ0) is 13.8. The van der Waals surface area contributed by atoms with Crippen LogP contribution >= 0.6 is 0 Å². The Morgan fingerprint density at radius 1 is 1.26 bits per heavy atom. The molecule has 0 atom stereocenters. The number of aryl methyl sites for hydroxylation is 1. The van der Waals surface area contributed by atoms with Gasteiger partial charge in [0.15, 0.2) is 11.6 Å². The predicted octanol–water partition coefficient (Wildman–Crippen LogP) is 3.12. The van der Waals surface area contributed by atoms with Crippen molar-refractivity contribution in [1.29, 1.82) is 0 Å². The Bertz CT molecular complexity index is 562. The van der Waals surface area contributed by atoms with Crippen LogP contribution in [0.3, 0.4) is 0 Å². The number of hydrogen-bond donors (Lipinski definition) is 2. The number of hydrogen-bond acceptors (Lipinski definition) is 3. The SMILES string of the molecule is CCc1cccnc1CNc1c(F)cc(N)cc1F. The minimum atomic E-state index is -0.702. The number of pyridine rings is 1. The molecule has 0 amide bonds. The average molecular weight is 263 g/mol. The summed E-state index contributed by atoms with van der Waals surface area (Å²) in [5.41, 5.74) is 7.07. The van der Waals surface area contributed by atoms with Crippen LogP contribution in [-0.2, 0) is 13.0 Å². The molecule has 100 valence electrons. The molecule has 0 aliphatic rings. The van der Waals surface area contributed by atoms with Gasteiger partial charge in [-0.05, 0) is 30.2 Å². The molecule has 5 heteroatoms. The molecule has 0 radical (unpaired) electrons. The van der Waals surface area contributed by atoms with E-state index in [0.717, 1.165) is 29.8 Å². The summed E-state index contributed by atoms with van der Waals surface area (Å²) in [6.45, 7) is 2.27. The number of rotatable bonds is 4. The zero-order valence-corrected chi connectivity index (χ0v) is 10.6. The molecule has 19 heavy (non-hydrogen) atoms. The number of anilines is 2. The number of halogens is 2. The van der Waals surface area contributed by atoms with E-state index < -0.39 is 11.6 Å². The maximum absolute atomic E-state index is 13.6. The van der Waals surface area contributed by atoms with Crippen molar-refractivity contribution < 1.29 is 8.78 Å². The molecular weight excluding hydrogens is 248 g/mol. The highest BCUT2D eigenvalue weighted by atomic mass is 19.1. The van der Waals surface area contributed by atoms with Crippen LogP contribution in [0.2, 0.25) is 0 Å². The third-order valence-electron chi connectivity index (χ3n) is 2.86. The maximum Gasteiger partial charge on any atom is 0.151 e. The monoisotopic (exact) mass is 263 g/mol. The van der Waals surface area contributed by atoms with E-state index in [1.807, 2.05) is 19.1 Å². The van der Waals surface area contributed by atoms with Crippen molar-refractivity contribution in [2.24, 2.45) is 0 Å². The van der Waals surface area contributed by atoms with Gasteiger partial charge in [-0.2, -0.15) is 0 Å². The molecule has 0 bridgehead atoms. The summed E-state index contributed by atoms with van der Waals surface area (Å²) < 4.78 is 27.2. The highest BCUT2D eigenvalue weighted by molar-refractivity contribution is 5.54. The first-order valence-corrected chi connectivity index (χ1v) is 6.03. The Hall–Kier alpha value is -2.17. The van der Waals surface area contributed by atoms with Crippen LogP contribution in [0.4, 0.5) is 20.2 Å². The average Bonchev–Trinajstić information content (AvgIpc) is 2.38. The second-order valence-corrected chi connectivity index (χ2v) is 4.18. The van der Waals surface area contributed by atoms with Gasteiger partial charge >= 0.3 is 0 Å². The van der Waals surface area contributed by atoms with Crippen LogP contribution in [0.15, 0.2) is 30.5 Å². The minimum Gasteiger partial charge on any atom is -0.399 e. The zero-order valence-electron chi connectivity index (χ0n) is 10.6. The molecule has 1 aromatic heterocycles. The summed E-state index contributed by atoms with van der Waals surface area (Å²) in [6.07, 6.45) is 2.48. The van der Waals surface area contributed by atoms with Crippen LogP contribution in [0.25, 0.3) is 0 Å². The standard InChI is InChI=1S/C14H15F2N3/c1-2-9-4-3-5-18-13(9)8-19-14-11(15)6-10(17)7-12(14)16/h3-7,19H,2,8,17H2,1H3. The highest BCUT2D eigenvalue weighted by Crippen LogP contribution is 2.22. The van der Waals surface area contributed by atoms with Gasteiger partial charge in [0.25, 0.3) is 0 Å². The van der Waals surface area contributed by atoms with E-state index in [4.69, 9.17) is 5.73 Å². The third kappa shape index (κ3) is 2.99. The smallest absolute Gasteiger partial charge is 0.151 e. The van der Waals surface area contributed by atoms with Crippen molar-refractivity contribution in [1.82, 2.24) is 4.98 Å². The number of aromatic nitrogens is 1. The van der Waals surface area contributed by atoms with Crippen molar-refractivity contribution in [3.8, 4) is 0 Å². The fourth-order valence-electron chi connectivity index (χ4n) is 1.89. The molecular formula is C14H15F2N3. The summed E-state index contributed by atoms with van der Waals surface area (Å²) in [7, 11) is 0. The Morgan fingerprint density at radius 2 is 1.95 bits per heavy atom. The first-order valence-electron chi connectivity index (χ1n) is 6.03. The van der Waals surface area contributed by atoms with Gasteiger partial charge in [0.05, 0.1) is 12.2 Å². The van der Waals surface area contributed by atoms with E-state index in [1.54, 1.807) is 6.20 Å². The quantitative estimate of drug-likeness (QED) is 0.833. The second kappa shape index (κ2) is 5.65. The molecule has 2 aromatic rings. The third-order valence-corrected chi connectivity index (χ3v) is 2.86. The van der Waals surface area contributed by atoms with Gasteiger partial charge in [-0.3, -0.25) is 4.98 Å². The highest BCUT2D eigenvalue weighted by Gasteiger charge is 2.11. The second-order valence-electron chi connectivity index (χ2n) is 4.18. The molecule has 2 rings (SSSR count). The maximum atomic E-state index is 13.6. The predicted molar refractivity (Wildman–Crippen MR) is 71.7 cm³/mol. The van der Waals surface area contributed by atoms with Crippen LogP contribution in [0.5, 0.6) is 0 Å². The number of benzene rings is 1. The molecule has 1 heterocycles. The van der Waals surface area contributed by atoms with E-state index in [1.165, 1.54) is 0 Å². The van der Waals surface area contributed by atoms with E-state index in [-0.39, 0.29) is 17.9 Å². The molecule has 0 spiro atoms. The summed E-state index contributed by atoms with van der Waals surface area (Å²) in [5, 5.41) is 2.73. The summed E-state index contributed by atoms with van der Waals surface area (Å²) >= 11 is 0. The van der Waals surface area contributed by atoms with E-state index in [9.17, 15) is 8.78 Å². The molecule has 0 saturated carbocycles. The van der Waals surface area contributed by atoms with Crippen molar-refractivity contribution in [2.45, 2.75) is 19.9 Å². The molecule has 0 unspecified atom stereocenters. The van der Waals surface area contributed by atoms with Gasteiger partial charge in [0, 0.05) is 11.9 Å². The van der Waals surface area contributed by atoms with Crippen LogP contribution in [-0.4, -0.2) is 4.98 Å². The van der Waals surface area contributed by atoms with Crippen molar-refractivity contribution in [3.63, 3.8) is 0 Å². The Labute approximate surface area is 110 Å². The number of nitrogens with zero attached hydrogens (tertiary/aromatic N) is 1. The lowest BCUT2D eigenvalue weighted by molar-refractivity contribution is 0.589. The molecule has 3 N–H and O–H groups in total. The normalized spacial score (nSPS) is 10.5. The Balaban J connectivity index is 2.19. The summed E-state index contributed by atoms with van der Waals surface area (Å²) in [4.78, 5) is 4.21. The Kier molecular flexibility index (Phi) is 3.94. The number of nitrogens with two attached hydrogens (primary N) is 1. The molecule has 0 fully saturated rings. The lowest BCUT2D eigenvalue weighted by Gasteiger charge is -2.11. The molecule has 0 saturated heterocycles. The lowest BCUT2D eigenvalue weighted by Crippen LogP contribution is -2.08. The molecule has 0 aliphatic carbocycles. The van der Waals surface area contributed by atoms with Gasteiger partial charge in [0.2, 0.25) is 0 Å². The van der Waals surface area contributed by atoms with E-state index in [2.05, 4.69) is 10.3 Å². The first-order chi connectivity index (χ1) is 9.11. The lowest BCUT2D eigenvalue weighted by atomic mass is 10.1.